The number of aromatic amines is 1. The van der Waals surface area contributed by atoms with Gasteiger partial charge in [-0.1, -0.05) is 6.07 Å². The fourth-order valence-electron chi connectivity index (χ4n) is 5.21. The van der Waals surface area contributed by atoms with Crippen LogP contribution in [0.25, 0.3) is 11.0 Å². The van der Waals surface area contributed by atoms with Crippen molar-refractivity contribution in [2.75, 3.05) is 45.2 Å². The Morgan fingerprint density at radius 2 is 1.90 bits per heavy atom. The zero-order valence-corrected chi connectivity index (χ0v) is 21.4. The van der Waals surface area contributed by atoms with E-state index in [-0.39, 0.29) is 22.6 Å². The number of fused-ring (bicyclic) bond motifs is 1. The minimum absolute atomic E-state index is 0.0128. The number of anilines is 1. The summed E-state index contributed by atoms with van der Waals surface area (Å²) in [5.41, 5.74) is 3.19. The summed E-state index contributed by atoms with van der Waals surface area (Å²) in [5.74, 6) is -4.63. The average molecular weight is 555 g/mol. The molecule has 0 radical (unpaired) electrons. The standard InChI is InChI=1S/C25H27F5N6O3/c1-24(25(28,29)30)11-13(12-4-5-14(26)17(27)20(12)38-3)21(39-24)23-32-15-10-16(36-8-6-35(2)7-9-36)33-19(22(31)37)18(15)34-23/h4-5,10,13,21H,6-9,11H2,1-3H3,(H2,31,37)(H,32,34)/t13-,21+,24+/m0/s1. The Labute approximate surface area is 220 Å². The van der Waals surface area contributed by atoms with Crippen molar-refractivity contribution in [1.29, 1.82) is 0 Å². The number of likely N-dealkylation sites (N-methyl/N-ethyl adjacent to an activating group) is 1. The number of imidazole rings is 1. The number of alkyl halides is 3. The number of amides is 1. The van der Waals surface area contributed by atoms with Gasteiger partial charge < -0.3 is 30.0 Å². The van der Waals surface area contributed by atoms with Crippen LogP contribution in [-0.4, -0.2) is 77.9 Å². The van der Waals surface area contributed by atoms with Crippen molar-refractivity contribution in [2.45, 2.75) is 37.1 Å². The van der Waals surface area contributed by atoms with Crippen LogP contribution in [-0.2, 0) is 4.74 Å². The molecule has 1 aromatic carbocycles. The highest BCUT2D eigenvalue weighted by Crippen LogP contribution is 2.56. The number of halogens is 5. The summed E-state index contributed by atoms with van der Waals surface area (Å²) in [6, 6.07) is 3.64. The summed E-state index contributed by atoms with van der Waals surface area (Å²) in [5, 5.41) is 0. The maximum Gasteiger partial charge on any atom is 0.417 e. The molecule has 0 aliphatic carbocycles. The molecule has 9 nitrogen and oxygen atoms in total. The predicted molar refractivity (Wildman–Crippen MR) is 131 cm³/mol. The molecule has 39 heavy (non-hydrogen) atoms. The molecule has 3 atom stereocenters. The highest BCUT2D eigenvalue weighted by atomic mass is 19.4. The Balaban J connectivity index is 1.63. The van der Waals surface area contributed by atoms with Crippen LogP contribution < -0.4 is 15.4 Å². The first-order chi connectivity index (χ1) is 18.3. The van der Waals surface area contributed by atoms with E-state index >= 15 is 0 Å². The first-order valence-corrected chi connectivity index (χ1v) is 12.2. The molecular weight excluding hydrogens is 527 g/mol. The molecule has 2 aliphatic heterocycles. The lowest BCUT2D eigenvalue weighted by Crippen LogP contribution is -2.45. The van der Waals surface area contributed by atoms with Gasteiger partial charge in [0.1, 0.15) is 23.3 Å². The van der Waals surface area contributed by atoms with E-state index < -0.39 is 53.5 Å². The molecule has 2 aliphatic rings. The van der Waals surface area contributed by atoms with Gasteiger partial charge >= 0.3 is 6.18 Å². The molecule has 4 heterocycles. The number of nitrogens with one attached hydrogen (secondary N) is 1. The highest BCUT2D eigenvalue weighted by molar-refractivity contribution is 6.03. The van der Waals surface area contributed by atoms with Crippen LogP contribution >= 0.6 is 0 Å². The summed E-state index contributed by atoms with van der Waals surface area (Å²) >= 11 is 0. The van der Waals surface area contributed by atoms with E-state index in [9.17, 15) is 26.7 Å². The number of pyridine rings is 1. The van der Waals surface area contributed by atoms with Crippen molar-refractivity contribution in [3.05, 3.63) is 46.9 Å². The lowest BCUT2D eigenvalue weighted by Gasteiger charge is -2.33. The van der Waals surface area contributed by atoms with Crippen molar-refractivity contribution in [2.24, 2.45) is 5.73 Å². The van der Waals surface area contributed by atoms with E-state index in [1.807, 2.05) is 11.9 Å². The Morgan fingerprint density at radius 3 is 2.51 bits per heavy atom. The van der Waals surface area contributed by atoms with Crippen LogP contribution in [0, 0.1) is 11.6 Å². The van der Waals surface area contributed by atoms with Crippen LogP contribution in [0.3, 0.4) is 0 Å². The third-order valence-electron chi connectivity index (χ3n) is 7.45. The Hall–Kier alpha value is -3.52. The number of piperazine rings is 1. The minimum atomic E-state index is -4.79. The van der Waals surface area contributed by atoms with Crippen molar-refractivity contribution in [3.63, 3.8) is 0 Å². The first kappa shape index (κ1) is 27.1. The Bertz CT molecular complexity index is 1420. The molecule has 2 aromatic heterocycles. The van der Waals surface area contributed by atoms with Crippen molar-refractivity contribution < 1.29 is 36.2 Å². The molecule has 0 unspecified atom stereocenters. The Kier molecular flexibility index (Phi) is 6.66. The number of benzene rings is 1. The molecule has 14 heteroatoms. The lowest BCUT2D eigenvalue weighted by atomic mass is 9.86. The molecule has 1 amide bonds. The number of aromatic nitrogens is 3. The average Bonchev–Trinajstić information content (AvgIpc) is 3.47. The van der Waals surface area contributed by atoms with Crippen molar-refractivity contribution >= 4 is 22.8 Å². The van der Waals surface area contributed by atoms with Crippen LogP contribution in [0.2, 0.25) is 0 Å². The molecule has 2 fully saturated rings. The maximum atomic E-state index is 14.6. The van der Waals surface area contributed by atoms with Gasteiger partial charge in [-0.3, -0.25) is 4.79 Å². The zero-order chi connectivity index (χ0) is 28.3. The van der Waals surface area contributed by atoms with Crippen LogP contribution in [0.5, 0.6) is 5.75 Å². The van der Waals surface area contributed by atoms with E-state index in [2.05, 4.69) is 19.9 Å². The van der Waals surface area contributed by atoms with Gasteiger partial charge in [0.25, 0.3) is 5.91 Å². The second kappa shape index (κ2) is 9.59. The Morgan fingerprint density at radius 1 is 1.21 bits per heavy atom. The number of rotatable bonds is 5. The number of H-pyrrole nitrogens is 1. The SMILES string of the molecule is COc1c([C@@H]2C[C@](C)(C(F)(F)F)O[C@H]2c2nc3c(C(N)=O)nc(N4CCN(C)CC4)cc3[nH]2)ccc(F)c1F. The van der Waals surface area contributed by atoms with Crippen LogP contribution in [0.15, 0.2) is 18.2 Å². The van der Waals surface area contributed by atoms with E-state index in [1.165, 1.54) is 6.07 Å². The molecule has 3 aromatic rings. The fourth-order valence-corrected chi connectivity index (χ4v) is 5.21. The van der Waals surface area contributed by atoms with Crippen molar-refractivity contribution in [3.8, 4) is 5.75 Å². The summed E-state index contributed by atoms with van der Waals surface area (Å²) in [6.07, 6.45) is -6.78. The third-order valence-corrected chi connectivity index (χ3v) is 7.45. The number of ether oxygens (including phenoxy) is 2. The van der Waals surface area contributed by atoms with Crippen LogP contribution in [0.1, 0.15) is 47.2 Å². The van der Waals surface area contributed by atoms with Crippen LogP contribution in [0.4, 0.5) is 27.8 Å². The van der Waals surface area contributed by atoms with Gasteiger partial charge in [-0.15, -0.1) is 0 Å². The predicted octanol–water partition coefficient (Wildman–Crippen LogP) is 3.66. The molecule has 5 rings (SSSR count). The van der Waals surface area contributed by atoms with E-state index in [0.717, 1.165) is 33.2 Å². The number of primary amides is 1. The summed E-state index contributed by atoms with van der Waals surface area (Å²) in [7, 11) is 3.08. The van der Waals surface area contributed by atoms with Gasteiger partial charge in [-0.25, -0.2) is 14.4 Å². The van der Waals surface area contributed by atoms with E-state index in [4.69, 9.17) is 15.2 Å². The smallest absolute Gasteiger partial charge is 0.417 e. The first-order valence-electron chi connectivity index (χ1n) is 12.2. The van der Waals surface area contributed by atoms with E-state index in [1.54, 1.807) is 6.07 Å². The summed E-state index contributed by atoms with van der Waals surface area (Å²) in [6.45, 7) is 3.70. The quantitative estimate of drug-likeness (QED) is 0.464. The number of methoxy groups -OCH3 is 1. The summed E-state index contributed by atoms with van der Waals surface area (Å²) < 4.78 is 81.4. The summed E-state index contributed by atoms with van der Waals surface area (Å²) in [4.78, 5) is 28.2. The fraction of sp³-hybridized carbons (Fsp3) is 0.480. The van der Waals surface area contributed by atoms with Gasteiger partial charge in [0.15, 0.2) is 22.9 Å². The largest absolute Gasteiger partial charge is 0.493 e. The molecule has 2 saturated heterocycles. The molecule has 0 bridgehead atoms. The highest BCUT2D eigenvalue weighted by Gasteiger charge is 2.61. The second-order valence-corrected chi connectivity index (χ2v) is 10.1. The molecular formula is C25H27F5N6O3. The number of hydrogen-bond acceptors (Lipinski definition) is 7. The maximum absolute atomic E-state index is 14.6. The topological polar surface area (TPSA) is 110 Å². The number of nitrogens with two attached hydrogens (primary N) is 1. The lowest BCUT2D eigenvalue weighted by molar-refractivity contribution is -0.265. The van der Waals surface area contributed by atoms with Gasteiger partial charge in [0.2, 0.25) is 5.82 Å². The second-order valence-electron chi connectivity index (χ2n) is 10.1. The third kappa shape index (κ3) is 4.65. The number of carbonyl (C=O) groups is 1. The zero-order valence-electron chi connectivity index (χ0n) is 21.4. The number of hydrogen-bond donors (Lipinski definition) is 2. The molecule has 210 valence electrons. The number of carbonyl (C=O) groups excluding carboxylic acids is 1. The van der Waals surface area contributed by atoms with Gasteiger partial charge in [0, 0.05) is 43.7 Å². The van der Waals surface area contributed by atoms with Gasteiger partial charge in [0.05, 0.1) is 12.6 Å². The molecule has 0 spiro atoms. The number of nitrogens with zero attached hydrogens (tertiary/aromatic N) is 4. The minimum Gasteiger partial charge on any atom is -0.493 e. The molecule has 3 N–H and O–H groups in total. The monoisotopic (exact) mass is 554 g/mol. The van der Waals surface area contributed by atoms with Crippen molar-refractivity contribution in [1.82, 2.24) is 19.9 Å². The molecule has 0 saturated carbocycles. The van der Waals surface area contributed by atoms with E-state index in [0.29, 0.717) is 24.4 Å². The van der Waals surface area contributed by atoms with Gasteiger partial charge in [-0.05, 0) is 26.5 Å². The van der Waals surface area contributed by atoms with Gasteiger partial charge in [-0.2, -0.15) is 17.6 Å². The normalized spacial score (nSPS) is 24.5.